The molecule has 0 heterocycles. The predicted molar refractivity (Wildman–Crippen MR) is 24.0 cm³/mol. The van der Waals surface area contributed by atoms with E-state index >= 15 is 0 Å². The zero-order valence-electron chi connectivity index (χ0n) is 5.40. The molecule has 0 saturated carbocycles. The van der Waals surface area contributed by atoms with E-state index in [0.29, 0.717) is 0 Å². The van der Waals surface area contributed by atoms with E-state index in [0.717, 1.165) is 0 Å². The van der Waals surface area contributed by atoms with Crippen molar-refractivity contribution < 1.29 is 77.5 Å². The summed E-state index contributed by atoms with van der Waals surface area (Å²) in [5.74, 6) is 0. The maximum Gasteiger partial charge on any atom is 1.00 e. The molecule has 8 heteroatoms. The fourth-order valence-corrected chi connectivity index (χ4v) is 0. The van der Waals surface area contributed by atoms with Gasteiger partial charge in [-0.2, -0.15) is 0 Å². The van der Waals surface area contributed by atoms with Gasteiger partial charge < -0.3 is 27.7 Å². The van der Waals surface area contributed by atoms with E-state index in [1.54, 1.807) is 0 Å². The molecule has 0 spiro atoms. The van der Waals surface area contributed by atoms with Crippen molar-refractivity contribution in [2.45, 2.75) is 0 Å². The van der Waals surface area contributed by atoms with Crippen LogP contribution in [0, 0.1) is 0 Å². The van der Waals surface area contributed by atoms with Crippen LogP contribution in [0.5, 0.6) is 0 Å². The third-order valence-electron chi connectivity index (χ3n) is 0. The second kappa shape index (κ2) is 8.67. The molecular weight excluding hydrogens is 164 g/mol. The fourth-order valence-electron chi connectivity index (χ4n) is 0. The zero-order chi connectivity index (χ0) is 4.50. The second-order valence-corrected chi connectivity index (χ2v) is 1.54. The Morgan fingerprint density at radius 1 is 1.25 bits per heavy atom. The van der Waals surface area contributed by atoms with Crippen molar-refractivity contribution in [3.05, 3.63) is 0 Å². The molecule has 8 N–H and O–H groups in total. The summed E-state index contributed by atoms with van der Waals surface area (Å²) in [6, 6.07) is 0. The molecular formula is H9KNO5P. The van der Waals surface area contributed by atoms with E-state index in [1.807, 2.05) is 0 Å². The molecule has 0 fully saturated rings. The first kappa shape index (κ1) is 22.6. The van der Waals surface area contributed by atoms with Crippen molar-refractivity contribution in [1.29, 1.82) is 0 Å². The van der Waals surface area contributed by atoms with Crippen molar-refractivity contribution in [1.82, 2.24) is 6.15 Å². The van der Waals surface area contributed by atoms with Gasteiger partial charge in [-0.25, -0.2) is 4.57 Å². The maximum atomic E-state index is 8.88. The topological polar surface area (TPSA) is 144 Å². The minimum atomic E-state index is -4.64. The summed E-state index contributed by atoms with van der Waals surface area (Å²) >= 11 is 0. The van der Waals surface area contributed by atoms with Gasteiger partial charge in [0.15, 0.2) is 0 Å². The Bertz CT molecular complexity index is 63.1. The molecule has 50 valence electrons. The molecule has 0 aromatic rings. The van der Waals surface area contributed by atoms with E-state index in [1.165, 1.54) is 0 Å². The van der Waals surface area contributed by atoms with Crippen LogP contribution in [0.25, 0.3) is 0 Å². The Hall–Kier alpha value is 1.67. The van der Waals surface area contributed by atoms with Gasteiger partial charge in [0.25, 0.3) is 0 Å². The van der Waals surface area contributed by atoms with E-state index in [9.17, 15) is 0 Å². The number of rotatable bonds is 0. The molecule has 8 heavy (non-hydrogen) atoms. The van der Waals surface area contributed by atoms with Gasteiger partial charge >= 0.3 is 59.2 Å². The summed E-state index contributed by atoms with van der Waals surface area (Å²) in [4.78, 5) is 21.6. The summed E-state index contributed by atoms with van der Waals surface area (Å²) in [5.41, 5.74) is 0. The van der Waals surface area contributed by atoms with Gasteiger partial charge in [0.05, 0.1) is 0 Å². The van der Waals surface area contributed by atoms with Crippen molar-refractivity contribution >= 4 is 7.82 Å². The molecule has 0 radical (unpaired) electrons. The quantitative estimate of drug-likeness (QED) is 0.215. The average Bonchev–Trinajstić information content (AvgIpc) is 0.722. The molecule has 0 aliphatic carbocycles. The number of phosphoric acid groups is 1. The maximum absolute atomic E-state index is 8.88. The van der Waals surface area contributed by atoms with Crippen LogP contribution >= 0.6 is 7.82 Å². The Balaban J connectivity index is -0.0000000133. The van der Waals surface area contributed by atoms with Crippen LogP contribution in [0.4, 0.5) is 0 Å². The van der Waals surface area contributed by atoms with E-state index in [2.05, 4.69) is 0 Å². The normalized spacial score (nSPS) is 7.38. The molecule has 0 saturated heterocycles. The van der Waals surface area contributed by atoms with Gasteiger partial charge in [-0.05, 0) is 0 Å². The average molecular weight is 173 g/mol. The SMILES string of the molecule is N.O.O=P(O)(O)O.[H-].[K+]. The third-order valence-corrected chi connectivity index (χ3v) is 0. The molecule has 0 unspecified atom stereocenters. The summed E-state index contributed by atoms with van der Waals surface area (Å²) < 4.78 is 8.88. The molecule has 0 aliphatic rings. The van der Waals surface area contributed by atoms with Crippen molar-refractivity contribution in [3.8, 4) is 0 Å². The van der Waals surface area contributed by atoms with Gasteiger partial charge in [0, 0.05) is 0 Å². The molecule has 0 aromatic carbocycles. The monoisotopic (exact) mass is 173 g/mol. The fraction of sp³-hybridized carbons (Fsp3) is 0. The van der Waals surface area contributed by atoms with Gasteiger partial charge in [-0.3, -0.25) is 0 Å². The summed E-state index contributed by atoms with van der Waals surface area (Å²) in [5, 5.41) is 0. The molecule has 0 rings (SSSR count). The van der Waals surface area contributed by atoms with Gasteiger partial charge in [0.2, 0.25) is 0 Å². The Morgan fingerprint density at radius 2 is 1.25 bits per heavy atom. The van der Waals surface area contributed by atoms with Crippen molar-refractivity contribution in [2.75, 3.05) is 0 Å². The largest absolute Gasteiger partial charge is 1.00 e. The van der Waals surface area contributed by atoms with Crippen molar-refractivity contribution in [3.63, 3.8) is 0 Å². The predicted octanol–water partition coefficient (Wildman–Crippen LogP) is -4.47. The molecule has 0 aliphatic heterocycles. The van der Waals surface area contributed by atoms with Crippen LogP contribution in [-0.2, 0) is 4.57 Å². The first-order chi connectivity index (χ1) is 2.00. The minimum Gasteiger partial charge on any atom is -1.00 e. The molecule has 6 nitrogen and oxygen atoms in total. The molecule has 0 bridgehead atoms. The first-order valence-electron chi connectivity index (χ1n) is 0.783. The van der Waals surface area contributed by atoms with Crippen LogP contribution < -0.4 is 57.5 Å². The van der Waals surface area contributed by atoms with Crippen molar-refractivity contribution in [2.24, 2.45) is 0 Å². The van der Waals surface area contributed by atoms with Gasteiger partial charge in [-0.1, -0.05) is 0 Å². The molecule has 0 aromatic heterocycles. The van der Waals surface area contributed by atoms with Crippen LogP contribution in [-0.4, -0.2) is 20.2 Å². The summed E-state index contributed by atoms with van der Waals surface area (Å²) in [7, 11) is -4.64. The van der Waals surface area contributed by atoms with E-state index in [4.69, 9.17) is 19.2 Å². The Kier molecular flexibility index (Phi) is 24.5. The summed E-state index contributed by atoms with van der Waals surface area (Å²) in [6.45, 7) is 0. The van der Waals surface area contributed by atoms with E-state index < -0.39 is 7.82 Å². The smallest absolute Gasteiger partial charge is 1.00 e. The molecule has 0 amide bonds. The van der Waals surface area contributed by atoms with E-state index in [-0.39, 0.29) is 64.4 Å². The van der Waals surface area contributed by atoms with Crippen LogP contribution in [0.2, 0.25) is 0 Å². The van der Waals surface area contributed by atoms with Crippen LogP contribution in [0.3, 0.4) is 0 Å². The number of hydrogen-bond donors (Lipinski definition) is 4. The van der Waals surface area contributed by atoms with Crippen LogP contribution in [0.1, 0.15) is 1.43 Å². The Morgan fingerprint density at radius 3 is 1.25 bits per heavy atom. The first-order valence-corrected chi connectivity index (χ1v) is 2.35. The van der Waals surface area contributed by atoms with Crippen LogP contribution in [0.15, 0.2) is 0 Å². The minimum absolute atomic E-state index is 0. The third kappa shape index (κ3) is 123. The van der Waals surface area contributed by atoms with Gasteiger partial charge in [0.1, 0.15) is 0 Å². The van der Waals surface area contributed by atoms with Gasteiger partial charge in [-0.15, -0.1) is 0 Å². The Labute approximate surface area is 90.3 Å². The zero-order valence-corrected chi connectivity index (χ0v) is 8.42. The molecule has 0 atom stereocenters. The number of hydrogen-bond acceptors (Lipinski definition) is 2. The summed E-state index contributed by atoms with van der Waals surface area (Å²) in [6.07, 6.45) is 0. The standard InChI is InChI=1S/K.H3N.H3O4P.H2O.H/c;;1-5(2,3)4;;/h;1H3;(H3,1,2,3,4);1H2;/q+1;;;;-1. The second-order valence-electron chi connectivity index (χ2n) is 0.513.